The van der Waals surface area contributed by atoms with E-state index in [1.165, 1.54) is 18.2 Å². The minimum atomic E-state index is -0.819. The van der Waals surface area contributed by atoms with Crippen LogP contribution >= 0.6 is 11.6 Å². The van der Waals surface area contributed by atoms with E-state index in [2.05, 4.69) is 10.6 Å². The van der Waals surface area contributed by atoms with Gasteiger partial charge >= 0.3 is 5.97 Å². The van der Waals surface area contributed by atoms with Crippen LogP contribution in [0.1, 0.15) is 26.3 Å². The quantitative estimate of drug-likeness (QED) is 0.297. The van der Waals surface area contributed by atoms with E-state index in [9.17, 15) is 24.5 Å². The molecular weight excluding hydrogens is 450 g/mol. The summed E-state index contributed by atoms with van der Waals surface area (Å²) in [4.78, 5) is 47.3. The van der Waals surface area contributed by atoms with E-state index in [0.29, 0.717) is 5.56 Å². The van der Waals surface area contributed by atoms with Crippen molar-refractivity contribution in [2.24, 2.45) is 0 Å². The largest absolute Gasteiger partial charge is 0.452 e. The van der Waals surface area contributed by atoms with Crippen LogP contribution in [0.25, 0.3) is 0 Å². The van der Waals surface area contributed by atoms with Crippen molar-refractivity contribution in [1.29, 1.82) is 0 Å². The summed E-state index contributed by atoms with van der Waals surface area (Å²) in [6.45, 7) is 1.23. The lowest BCUT2D eigenvalue weighted by Gasteiger charge is -2.12. The molecule has 0 aliphatic carbocycles. The molecular formula is C23H18ClN3O6. The third-order valence-corrected chi connectivity index (χ3v) is 4.76. The fourth-order valence-corrected chi connectivity index (χ4v) is 3.09. The fourth-order valence-electron chi connectivity index (χ4n) is 2.86. The first-order valence-electron chi connectivity index (χ1n) is 9.62. The van der Waals surface area contributed by atoms with Crippen LogP contribution in [-0.2, 0) is 9.53 Å². The van der Waals surface area contributed by atoms with E-state index in [4.69, 9.17) is 16.3 Å². The molecule has 3 aromatic carbocycles. The number of nitro groups is 1. The van der Waals surface area contributed by atoms with Crippen molar-refractivity contribution in [1.82, 2.24) is 0 Å². The molecule has 0 aliphatic rings. The topological polar surface area (TPSA) is 128 Å². The van der Waals surface area contributed by atoms with Crippen molar-refractivity contribution in [3.05, 3.63) is 98.6 Å². The minimum Gasteiger partial charge on any atom is -0.452 e. The van der Waals surface area contributed by atoms with E-state index in [1.54, 1.807) is 36.4 Å². The molecule has 0 bridgehead atoms. The first-order valence-corrected chi connectivity index (χ1v) is 10.0. The molecule has 0 fully saturated rings. The smallest absolute Gasteiger partial charge is 0.340 e. The Kier molecular flexibility index (Phi) is 7.37. The minimum absolute atomic E-state index is 0.0342. The van der Waals surface area contributed by atoms with Gasteiger partial charge in [-0.05, 0) is 37.3 Å². The number of nitrogens with zero attached hydrogens (tertiary/aromatic N) is 1. The van der Waals surface area contributed by atoms with Gasteiger partial charge in [0, 0.05) is 17.7 Å². The van der Waals surface area contributed by atoms with Gasteiger partial charge in [0.2, 0.25) is 0 Å². The number of aryl methyl sites for hydroxylation is 1. The van der Waals surface area contributed by atoms with Crippen molar-refractivity contribution < 1.29 is 24.0 Å². The summed E-state index contributed by atoms with van der Waals surface area (Å²) in [5, 5.41) is 15.8. The lowest BCUT2D eigenvalue weighted by Crippen LogP contribution is -2.22. The van der Waals surface area contributed by atoms with Gasteiger partial charge in [-0.2, -0.15) is 0 Å². The Morgan fingerprint density at radius 1 is 0.970 bits per heavy atom. The van der Waals surface area contributed by atoms with Crippen LogP contribution in [-0.4, -0.2) is 29.3 Å². The molecule has 0 radical (unpaired) electrons. The summed E-state index contributed by atoms with van der Waals surface area (Å²) in [5.74, 6) is -1.91. The van der Waals surface area contributed by atoms with E-state index in [0.717, 1.165) is 11.6 Å². The number of nitrogens with one attached hydrogen (secondary N) is 2. The predicted molar refractivity (Wildman–Crippen MR) is 123 cm³/mol. The Morgan fingerprint density at radius 2 is 1.73 bits per heavy atom. The number of esters is 1. The monoisotopic (exact) mass is 467 g/mol. The van der Waals surface area contributed by atoms with Crippen molar-refractivity contribution in [2.45, 2.75) is 6.92 Å². The number of rotatable bonds is 7. The molecule has 10 heteroatoms. The van der Waals surface area contributed by atoms with Crippen LogP contribution in [0.4, 0.5) is 17.1 Å². The number of para-hydroxylation sites is 1. The highest BCUT2D eigenvalue weighted by Gasteiger charge is 2.17. The summed E-state index contributed by atoms with van der Waals surface area (Å²) in [6, 6.07) is 16.8. The first-order chi connectivity index (χ1) is 15.7. The number of non-ortho nitro benzene ring substituents is 1. The third-order valence-electron chi connectivity index (χ3n) is 4.45. The van der Waals surface area contributed by atoms with Crippen LogP contribution in [0, 0.1) is 17.0 Å². The number of hydrogen-bond donors (Lipinski definition) is 2. The second kappa shape index (κ2) is 10.4. The third kappa shape index (κ3) is 6.14. The zero-order chi connectivity index (χ0) is 24.0. The molecule has 3 aromatic rings. The molecule has 0 saturated heterocycles. The Labute approximate surface area is 193 Å². The van der Waals surface area contributed by atoms with E-state index < -0.39 is 29.3 Å². The van der Waals surface area contributed by atoms with Gasteiger partial charge < -0.3 is 15.4 Å². The maximum atomic E-state index is 12.5. The first kappa shape index (κ1) is 23.4. The van der Waals surface area contributed by atoms with Crippen LogP contribution < -0.4 is 10.6 Å². The molecule has 0 saturated carbocycles. The molecule has 0 atom stereocenters. The number of nitro benzene ring substituents is 1. The number of hydrogen-bond acceptors (Lipinski definition) is 6. The average molecular weight is 468 g/mol. The van der Waals surface area contributed by atoms with Gasteiger partial charge in [-0.25, -0.2) is 4.79 Å². The zero-order valence-corrected chi connectivity index (χ0v) is 18.1. The highest BCUT2D eigenvalue weighted by molar-refractivity contribution is 6.34. The molecule has 0 aliphatic heterocycles. The van der Waals surface area contributed by atoms with Crippen LogP contribution in [0.2, 0.25) is 5.02 Å². The van der Waals surface area contributed by atoms with Crippen molar-refractivity contribution in [3.63, 3.8) is 0 Å². The van der Waals surface area contributed by atoms with E-state index in [1.807, 2.05) is 13.0 Å². The molecule has 0 aromatic heterocycles. The summed E-state index contributed by atoms with van der Waals surface area (Å²) >= 11 is 5.94. The normalized spacial score (nSPS) is 10.2. The predicted octanol–water partition coefficient (Wildman–Crippen LogP) is 4.60. The lowest BCUT2D eigenvalue weighted by molar-refractivity contribution is -0.384. The lowest BCUT2D eigenvalue weighted by atomic mass is 10.1. The number of amides is 2. The summed E-state index contributed by atoms with van der Waals surface area (Å²) in [5.41, 5.74) is 1.54. The fraction of sp³-hybridized carbons (Fsp3) is 0.0870. The molecule has 0 heterocycles. The number of benzene rings is 3. The number of anilines is 2. The molecule has 3 rings (SSSR count). The summed E-state index contributed by atoms with van der Waals surface area (Å²) in [6.07, 6.45) is 0. The summed E-state index contributed by atoms with van der Waals surface area (Å²) in [7, 11) is 0. The Hall–Kier alpha value is -4.24. The van der Waals surface area contributed by atoms with Crippen molar-refractivity contribution in [2.75, 3.05) is 17.2 Å². The average Bonchev–Trinajstić information content (AvgIpc) is 2.79. The van der Waals surface area contributed by atoms with Gasteiger partial charge in [0.25, 0.3) is 17.5 Å². The number of carbonyl (C=O) groups is 3. The van der Waals surface area contributed by atoms with Crippen molar-refractivity contribution >= 4 is 46.4 Å². The zero-order valence-electron chi connectivity index (χ0n) is 17.3. The highest BCUT2D eigenvalue weighted by atomic mass is 35.5. The molecule has 0 unspecified atom stereocenters. The maximum Gasteiger partial charge on any atom is 0.340 e. The van der Waals surface area contributed by atoms with Gasteiger partial charge in [-0.3, -0.25) is 19.7 Å². The van der Waals surface area contributed by atoms with E-state index >= 15 is 0 Å². The Balaban J connectivity index is 1.63. The second-order valence-corrected chi connectivity index (χ2v) is 7.32. The van der Waals surface area contributed by atoms with Crippen LogP contribution in [0.15, 0.2) is 66.7 Å². The van der Waals surface area contributed by atoms with Crippen LogP contribution in [0.3, 0.4) is 0 Å². The number of halogens is 1. The molecule has 2 N–H and O–H groups in total. The Morgan fingerprint density at radius 3 is 2.42 bits per heavy atom. The van der Waals surface area contributed by atoms with Crippen molar-refractivity contribution in [3.8, 4) is 0 Å². The number of carbonyl (C=O) groups excluding carboxylic acids is 3. The number of ether oxygens (including phenoxy) is 1. The maximum absolute atomic E-state index is 12.5. The van der Waals surface area contributed by atoms with Gasteiger partial charge in [0.1, 0.15) is 0 Å². The van der Waals surface area contributed by atoms with Gasteiger partial charge in [0.15, 0.2) is 6.61 Å². The Bertz CT molecular complexity index is 1240. The molecule has 9 nitrogen and oxygen atoms in total. The van der Waals surface area contributed by atoms with E-state index in [-0.39, 0.29) is 27.6 Å². The summed E-state index contributed by atoms with van der Waals surface area (Å²) < 4.78 is 5.06. The standard InChI is InChI=1S/C23H18ClN3O6/c1-14-5-4-6-15(11-14)22(29)26-19-8-3-2-7-17(19)23(30)33-13-21(28)25-20-10-9-16(27(31)32)12-18(20)24/h2-12H,13H2,1H3,(H,25,28)(H,26,29). The van der Waals surface area contributed by atoms with Gasteiger partial charge in [0.05, 0.1) is 26.9 Å². The van der Waals surface area contributed by atoms with Gasteiger partial charge in [-0.15, -0.1) is 0 Å². The highest BCUT2D eigenvalue weighted by Crippen LogP contribution is 2.26. The molecule has 33 heavy (non-hydrogen) atoms. The van der Waals surface area contributed by atoms with Crippen LogP contribution in [0.5, 0.6) is 0 Å². The molecule has 0 spiro atoms. The second-order valence-electron chi connectivity index (χ2n) is 6.91. The SMILES string of the molecule is Cc1cccc(C(=O)Nc2ccccc2C(=O)OCC(=O)Nc2ccc([N+](=O)[O-])cc2Cl)c1. The van der Waals surface area contributed by atoms with Gasteiger partial charge in [-0.1, -0.05) is 41.4 Å². The molecule has 2 amide bonds. The molecule has 168 valence electrons.